The second-order valence-electron chi connectivity index (χ2n) is 2.72. The number of benzene rings is 1. The lowest BCUT2D eigenvalue weighted by molar-refractivity contribution is 1.33. The van der Waals surface area contributed by atoms with Crippen molar-refractivity contribution < 1.29 is 0 Å². The second kappa shape index (κ2) is 3.87. The molecule has 64 valence electrons. The third-order valence-corrected chi connectivity index (χ3v) is 2.81. The van der Waals surface area contributed by atoms with Crippen LogP contribution in [0.25, 0.3) is 11.1 Å². The van der Waals surface area contributed by atoms with Crippen molar-refractivity contribution in [1.82, 2.24) is 4.98 Å². The van der Waals surface area contributed by atoms with Crippen LogP contribution in [0, 0.1) is 3.57 Å². The van der Waals surface area contributed by atoms with Crippen molar-refractivity contribution in [2.45, 2.75) is 0 Å². The molecule has 0 N–H and O–H groups in total. The zero-order valence-electron chi connectivity index (χ0n) is 6.94. The summed E-state index contributed by atoms with van der Waals surface area (Å²) < 4.78 is 1.27. The minimum atomic E-state index is 1.22. The molecule has 1 aromatic heterocycles. The number of halogens is 1. The number of hydrogen-bond donors (Lipinski definition) is 0. The highest BCUT2D eigenvalue weighted by molar-refractivity contribution is 14.1. The average molecular weight is 281 g/mol. The van der Waals surface area contributed by atoms with Crippen molar-refractivity contribution in [3.63, 3.8) is 0 Å². The van der Waals surface area contributed by atoms with Crippen LogP contribution in [0.2, 0.25) is 0 Å². The van der Waals surface area contributed by atoms with Crippen LogP contribution in [0.5, 0.6) is 0 Å². The molecule has 2 rings (SSSR count). The van der Waals surface area contributed by atoms with Crippen LogP contribution in [-0.2, 0) is 0 Å². The molecular formula is C11H8IN. The van der Waals surface area contributed by atoms with Gasteiger partial charge in [0.1, 0.15) is 0 Å². The Morgan fingerprint density at radius 1 is 0.923 bits per heavy atom. The molecule has 0 amide bonds. The fourth-order valence-corrected chi connectivity index (χ4v) is 1.93. The Balaban J connectivity index is 2.54. The Labute approximate surface area is 91.0 Å². The molecule has 0 aliphatic rings. The maximum atomic E-state index is 4.00. The van der Waals surface area contributed by atoms with E-state index in [2.05, 4.69) is 45.8 Å². The minimum absolute atomic E-state index is 1.22. The van der Waals surface area contributed by atoms with Gasteiger partial charge in [0, 0.05) is 16.0 Å². The minimum Gasteiger partial charge on any atom is -0.265 e. The molecule has 1 nitrogen and oxygen atoms in total. The predicted octanol–water partition coefficient (Wildman–Crippen LogP) is 3.35. The standard InChI is InChI=1S/C11H8IN/c12-11-4-2-1-3-10(11)9-5-7-13-8-6-9/h1-8H. The molecule has 0 saturated heterocycles. The van der Waals surface area contributed by atoms with Crippen LogP contribution < -0.4 is 0 Å². The lowest BCUT2D eigenvalue weighted by atomic mass is 10.1. The highest BCUT2D eigenvalue weighted by atomic mass is 127. The van der Waals surface area contributed by atoms with Crippen LogP contribution in [0.1, 0.15) is 0 Å². The Morgan fingerprint density at radius 3 is 2.31 bits per heavy atom. The molecule has 13 heavy (non-hydrogen) atoms. The van der Waals surface area contributed by atoms with Crippen molar-refractivity contribution in [1.29, 1.82) is 0 Å². The smallest absolute Gasteiger partial charge is 0.0273 e. The van der Waals surface area contributed by atoms with E-state index in [0.717, 1.165) is 0 Å². The van der Waals surface area contributed by atoms with Gasteiger partial charge in [-0.25, -0.2) is 0 Å². The Hall–Kier alpha value is -0.900. The van der Waals surface area contributed by atoms with Gasteiger partial charge in [0.05, 0.1) is 0 Å². The summed E-state index contributed by atoms with van der Waals surface area (Å²) in [6.45, 7) is 0. The summed E-state index contributed by atoms with van der Waals surface area (Å²) in [5.74, 6) is 0. The van der Waals surface area contributed by atoms with E-state index in [0.29, 0.717) is 0 Å². The van der Waals surface area contributed by atoms with Gasteiger partial charge in [0.2, 0.25) is 0 Å². The number of rotatable bonds is 1. The van der Waals surface area contributed by atoms with Gasteiger partial charge in [0.15, 0.2) is 0 Å². The van der Waals surface area contributed by atoms with Gasteiger partial charge >= 0.3 is 0 Å². The second-order valence-corrected chi connectivity index (χ2v) is 3.88. The molecule has 0 spiro atoms. The summed E-state index contributed by atoms with van der Waals surface area (Å²) in [5, 5.41) is 0. The van der Waals surface area contributed by atoms with Gasteiger partial charge in [-0.2, -0.15) is 0 Å². The monoisotopic (exact) mass is 281 g/mol. The summed E-state index contributed by atoms with van der Waals surface area (Å²) in [7, 11) is 0. The Morgan fingerprint density at radius 2 is 1.62 bits per heavy atom. The lowest BCUT2D eigenvalue weighted by Gasteiger charge is -2.02. The van der Waals surface area contributed by atoms with Crippen molar-refractivity contribution >= 4 is 22.6 Å². The molecule has 2 aromatic rings. The summed E-state index contributed by atoms with van der Waals surface area (Å²) in [6, 6.07) is 12.4. The first-order valence-corrected chi connectivity index (χ1v) is 5.11. The third-order valence-electron chi connectivity index (χ3n) is 1.87. The third kappa shape index (κ3) is 1.88. The summed E-state index contributed by atoms with van der Waals surface area (Å²) in [4.78, 5) is 4.00. The SMILES string of the molecule is Ic1ccccc1-c1ccncc1. The predicted molar refractivity (Wildman–Crippen MR) is 62.4 cm³/mol. The quantitative estimate of drug-likeness (QED) is 0.730. The van der Waals surface area contributed by atoms with Crippen LogP contribution in [0.4, 0.5) is 0 Å². The molecule has 1 heterocycles. The molecule has 0 atom stereocenters. The van der Waals surface area contributed by atoms with E-state index < -0.39 is 0 Å². The molecule has 0 fully saturated rings. The molecule has 0 unspecified atom stereocenters. The fourth-order valence-electron chi connectivity index (χ4n) is 1.23. The van der Waals surface area contributed by atoms with Crippen LogP contribution in [0.15, 0.2) is 48.8 Å². The van der Waals surface area contributed by atoms with E-state index in [1.807, 2.05) is 30.6 Å². The average Bonchev–Trinajstić information content (AvgIpc) is 2.20. The van der Waals surface area contributed by atoms with Gasteiger partial charge in [-0.1, -0.05) is 18.2 Å². The summed E-state index contributed by atoms with van der Waals surface area (Å²) in [5.41, 5.74) is 2.49. The van der Waals surface area contributed by atoms with Gasteiger partial charge in [0.25, 0.3) is 0 Å². The number of nitrogens with zero attached hydrogens (tertiary/aromatic N) is 1. The van der Waals surface area contributed by atoms with Crippen LogP contribution >= 0.6 is 22.6 Å². The summed E-state index contributed by atoms with van der Waals surface area (Å²) >= 11 is 2.34. The van der Waals surface area contributed by atoms with Crippen molar-refractivity contribution in [2.24, 2.45) is 0 Å². The van der Waals surface area contributed by atoms with E-state index in [4.69, 9.17) is 0 Å². The Bertz CT molecular complexity index is 398. The number of hydrogen-bond acceptors (Lipinski definition) is 1. The first-order chi connectivity index (χ1) is 6.38. The first-order valence-electron chi connectivity index (χ1n) is 4.03. The fraction of sp³-hybridized carbons (Fsp3) is 0. The Kier molecular flexibility index (Phi) is 2.59. The molecule has 0 radical (unpaired) electrons. The van der Waals surface area contributed by atoms with E-state index in [1.54, 1.807) is 0 Å². The molecule has 0 saturated carbocycles. The van der Waals surface area contributed by atoms with E-state index in [-0.39, 0.29) is 0 Å². The summed E-state index contributed by atoms with van der Waals surface area (Å²) in [6.07, 6.45) is 3.64. The molecule has 1 aromatic carbocycles. The molecule has 2 heteroatoms. The van der Waals surface area contributed by atoms with Crippen molar-refractivity contribution in [3.8, 4) is 11.1 Å². The maximum Gasteiger partial charge on any atom is 0.0273 e. The first kappa shape index (κ1) is 8.69. The van der Waals surface area contributed by atoms with Crippen LogP contribution in [-0.4, -0.2) is 4.98 Å². The molecule has 0 aliphatic heterocycles. The number of aromatic nitrogens is 1. The molecule has 0 aliphatic carbocycles. The van der Waals surface area contributed by atoms with E-state index in [9.17, 15) is 0 Å². The topological polar surface area (TPSA) is 12.9 Å². The normalized spacial score (nSPS) is 9.92. The zero-order chi connectivity index (χ0) is 9.10. The van der Waals surface area contributed by atoms with Gasteiger partial charge in [-0.15, -0.1) is 0 Å². The highest BCUT2D eigenvalue weighted by Gasteiger charge is 1.99. The van der Waals surface area contributed by atoms with Crippen LogP contribution in [0.3, 0.4) is 0 Å². The molecule has 0 bridgehead atoms. The van der Waals surface area contributed by atoms with Gasteiger partial charge in [-0.05, 0) is 51.9 Å². The number of pyridine rings is 1. The van der Waals surface area contributed by atoms with E-state index >= 15 is 0 Å². The lowest BCUT2D eigenvalue weighted by Crippen LogP contribution is -1.81. The highest BCUT2D eigenvalue weighted by Crippen LogP contribution is 2.23. The van der Waals surface area contributed by atoms with Gasteiger partial charge < -0.3 is 0 Å². The van der Waals surface area contributed by atoms with Crippen molar-refractivity contribution in [3.05, 3.63) is 52.4 Å². The van der Waals surface area contributed by atoms with E-state index in [1.165, 1.54) is 14.7 Å². The van der Waals surface area contributed by atoms with Crippen molar-refractivity contribution in [2.75, 3.05) is 0 Å². The molecular weight excluding hydrogens is 273 g/mol. The zero-order valence-corrected chi connectivity index (χ0v) is 9.10. The van der Waals surface area contributed by atoms with Gasteiger partial charge in [-0.3, -0.25) is 4.98 Å². The largest absolute Gasteiger partial charge is 0.265 e. The maximum absolute atomic E-state index is 4.00.